The molecule has 4 heteroatoms. The van der Waals surface area contributed by atoms with Gasteiger partial charge in [-0.15, -0.1) is 12.3 Å². The van der Waals surface area contributed by atoms with E-state index in [1.54, 1.807) is 6.92 Å². The number of hydrogen-bond acceptors (Lipinski definition) is 4. The minimum absolute atomic E-state index is 0.156. The number of esters is 2. The maximum atomic E-state index is 11.2. The number of hydrogen-bond donors (Lipinski definition) is 0. The molecule has 14 heavy (non-hydrogen) atoms. The summed E-state index contributed by atoms with van der Waals surface area (Å²) in [5, 5.41) is 0. The van der Waals surface area contributed by atoms with Gasteiger partial charge in [0.25, 0.3) is 5.79 Å². The molecule has 1 aliphatic rings. The Balaban J connectivity index is 2.40. The van der Waals surface area contributed by atoms with Gasteiger partial charge >= 0.3 is 11.9 Å². The first-order valence-electron chi connectivity index (χ1n) is 4.43. The SMILES string of the molecule is C#CCCC(=O)OC1(C)CCC(=O)O1. The third-order valence-electron chi connectivity index (χ3n) is 1.92. The normalized spacial score (nSPS) is 25.3. The highest BCUT2D eigenvalue weighted by atomic mass is 16.7. The van der Waals surface area contributed by atoms with Crippen LogP contribution in [0.3, 0.4) is 0 Å². The molecule has 4 nitrogen and oxygen atoms in total. The summed E-state index contributed by atoms with van der Waals surface area (Å²) in [7, 11) is 0. The molecule has 1 fully saturated rings. The van der Waals surface area contributed by atoms with Gasteiger partial charge in [-0.3, -0.25) is 9.59 Å². The van der Waals surface area contributed by atoms with E-state index in [-0.39, 0.29) is 12.4 Å². The van der Waals surface area contributed by atoms with E-state index in [1.165, 1.54) is 0 Å². The highest BCUT2D eigenvalue weighted by molar-refractivity contribution is 5.74. The summed E-state index contributed by atoms with van der Waals surface area (Å²) in [5.74, 6) is 0.489. The molecule has 0 bridgehead atoms. The summed E-state index contributed by atoms with van der Waals surface area (Å²) in [6.45, 7) is 1.58. The molecule has 0 aromatic heterocycles. The molecule has 76 valence electrons. The molecule has 0 radical (unpaired) electrons. The predicted molar refractivity (Wildman–Crippen MR) is 47.9 cm³/mol. The molecule has 0 aromatic carbocycles. The molecule has 1 rings (SSSR count). The van der Waals surface area contributed by atoms with E-state index in [2.05, 4.69) is 5.92 Å². The van der Waals surface area contributed by atoms with E-state index in [9.17, 15) is 9.59 Å². The Morgan fingerprint density at radius 3 is 3.00 bits per heavy atom. The lowest BCUT2D eigenvalue weighted by molar-refractivity contribution is -0.207. The van der Waals surface area contributed by atoms with Gasteiger partial charge in [0, 0.05) is 19.8 Å². The summed E-state index contributed by atoms with van der Waals surface area (Å²) in [5.41, 5.74) is 0. The fraction of sp³-hybridized carbons (Fsp3) is 0.600. The topological polar surface area (TPSA) is 52.6 Å². The first kappa shape index (κ1) is 10.6. The Morgan fingerprint density at radius 1 is 1.79 bits per heavy atom. The lowest BCUT2D eigenvalue weighted by atomic mass is 10.2. The standard InChI is InChI=1S/C10H12O4/c1-3-4-5-8(11)13-10(2)7-6-9(12)14-10/h1H,4-7H2,2H3. The summed E-state index contributed by atoms with van der Waals surface area (Å²) in [6, 6.07) is 0. The zero-order valence-corrected chi connectivity index (χ0v) is 8.04. The molecule has 1 heterocycles. The summed E-state index contributed by atoms with van der Waals surface area (Å²) >= 11 is 0. The van der Waals surface area contributed by atoms with Crippen molar-refractivity contribution < 1.29 is 19.1 Å². The monoisotopic (exact) mass is 196 g/mol. The molecule has 1 saturated heterocycles. The first-order valence-corrected chi connectivity index (χ1v) is 4.43. The quantitative estimate of drug-likeness (QED) is 0.499. The van der Waals surface area contributed by atoms with Crippen LogP contribution in [0.15, 0.2) is 0 Å². The molecule has 0 N–H and O–H groups in total. The van der Waals surface area contributed by atoms with Crippen molar-refractivity contribution in [1.82, 2.24) is 0 Å². The lowest BCUT2D eigenvalue weighted by Crippen LogP contribution is -2.30. The number of cyclic esters (lactones) is 1. The van der Waals surface area contributed by atoms with Crippen LogP contribution in [0.4, 0.5) is 0 Å². The molecule has 1 unspecified atom stereocenters. The fourth-order valence-electron chi connectivity index (χ4n) is 1.21. The molecule has 0 amide bonds. The third-order valence-corrected chi connectivity index (χ3v) is 1.92. The molecule has 0 spiro atoms. The number of terminal acetylenes is 1. The van der Waals surface area contributed by atoms with Crippen LogP contribution in [-0.4, -0.2) is 17.7 Å². The largest absolute Gasteiger partial charge is 0.423 e. The van der Waals surface area contributed by atoms with Crippen LogP contribution in [-0.2, 0) is 19.1 Å². The van der Waals surface area contributed by atoms with Crippen molar-refractivity contribution in [1.29, 1.82) is 0 Å². The Labute approximate surface area is 82.6 Å². The van der Waals surface area contributed by atoms with Crippen molar-refractivity contribution in [3.63, 3.8) is 0 Å². The average Bonchev–Trinajstić information content (AvgIpc) is 2.42. The van der Waals surface area contributed by atoms with E-state index in [4.69, 9.17) is 15.9 Å². The van der Waals surface area contributed by atoms with Gasteiger partial charge in [-0.1, -0.05) is 0 Å². The van der Waals surface area contributed by atoms with Gasteiger partial charge in [0.05, 0.1) is 12.8 Å². The first-order chi connectivity index (χ1) is 6.56. The second-order valence-corrected chi connectivity index (χ2v) is 3.29. The Morgan fingerprint density at radius 2 is 2.50 bits per heavy atom. The molecule has 1 aliphatic heterocycles. The fourth-order valence-corrected chi connectivity index (χ4v) is 1.21. The molecule has 0 saturated carbocycles. The molecular weight excluding hydrogens is 184 g/mol. The zero-order valence-electron chi connectivity index (χ0n) is 8.04. The van der Waals surface area contributed by atoms with Crippen molar-refractivity contribution in [3.8, 4) is 12.3 Å². The maximum absolute atomic E-state index is 11.2. The van der Waals surface area contributed by atoms with Gasteiger partial charge in [0.2, 0.25) is 0 Å². The minimum atomic E-state index is -1.08. The summed E-state index contributed by atoms with van der Waals surface area (Å²) in [4.78, 5) is 22.0. The van der Waals surface area contributed by atoms with Gasteiger partial charge in [-0.25, -0.2) is 0 Å². The number of carbonyl (C=O) groups is 2. The highest BCUT2D eigenvalue weighted by Gasteiger charge is 2.39. The van der Waals surface area contributed by atoms with Crippen molar-refractivity contribution in [2.75, 3.05) is 0 Å². The Hall–Kier alpha value is -1.50. The van der Waals surface area contributed by atoms with Crippen molar-refractivity contribution in [2.45, 2.75) is 38.4 Å². The van der Waals surface area contributed by atoms with E-state index in [0.717, 1.165) is 0 Å². The summed E-state index contributed by atoms with van der Waals surface area (Å²) in [6.07, 6.45) is 6.19. The summed E-state index contributed by atoms with van der Waals surface area (Å²) < 4.78 is 9.86. The van der Waals surface area contributed by atoms with Crippen molar-refractivity contribution in [3.05, 3.63) is 0 Å². The highest BCUT2D eigenvalue weighted by Crippen LogP contribution is 2.27. The molecule has 0 aromatic rings. The van der Waals surface area contributed by atoms with Crippen LogP contribution in [0.25, 0.3) is 0 Å². The van der Waals surface area contributed by atoms with Crippen molar-refractivity contribution in [2.24, 2.45) is 0 Å². The maximum Gasteiger partial charge on any atom is 0.310 e. The smallest absolute Gasteiger partial charge is 0.310 e. The van der Waals surface area contributed by atoms with Gasteiger partial charge in [0.15, 0.2) is 0 Å². The average molecular weight is 196 g/mol. The second kappa shape index (κ2) is 4.14. The van der Waals surface area contributed by atoms with Gasteiger partial charge in [-0.05, 0) is 0 Å². The molecule has 0 aliphatic carbocycles. The number of rotatable bonds is 3. The lowest BCUT2D eigenvalue weighted by Gasteiger charge is -2.22. The van der Waals surface area contributed by atoms with Crippen LogP contribution in [0.1, 0.15) is 32.6 Å². The van der Waals surface area contributed by atoms with Crippen LogP contribution < -0.4 is 0 Å². The van der Waals surface area contributed by atoms with E-state index in [0.29, 0.717) is 19.3 Å². The van der Waals surface area contributed by atoms with Crippen LogP contribution in [0.2, 0.25) is 0 Å². The van der Waals surface area contributed by atoms with Crippen LogP contribution in [0, 0.1) is 12.3 Å². The molecular formula is C10H12O4. The van der Waals surface area contributed by atoms with Crippen molar-refractivity contribution >= 4 is 11.9 Å². The van der Waals surface area contributed by atoms with Gasteiger partial charge < -0.3 is 9.47 Å². The number of carbonyl (C=O) groups excluding carboxylic acids is 2. The van der Waals surface area contributed by atoms with E-state index in [1.807, 2.05) is 0 Å². The van der Waals surface area contributed by atoms with Crippen LogP contribution in [0.5, 0.6) is 0 Å². The predicted octanol–water partition coefficient (Wildman–Crippen LogP) is 0.996. The third kappa shape index (κ3) is 2.77. The molecule has 1 atom stereocenters. The number of ether oxygens (including phenoxy) is 2. The Kier molecular flexibility index (Phi) is 3.13. The van der Waals surface area contributed by atoms with Gasteiger partial charge in [-0.2, -0.15) is 0 Å². The Bertz CT molecular complexity index is 289. The van der Waals surface area contributed by atoms with E-state index < -0.39 is 11.8 Å². The van der Waals surface area contributed by atoms with Crippen LogP contribution >= 0.6 is 0 Å². The van der Waals surface area contributed by atoms with Gasteiger partial charge in [0.1, 0.15) is 0 Å². The zero-order chi connectivity index (χ0) is 10.6. The second-order valence-electron chi connectivity index (χ2n) is 3.29. The minimum Gasteiger partial charge on any atom is -0.423 e. The van der Waals surface area contributed by atoms with E-state index >= 15 is 0 Å².